The fourth-order valence-corrected chi connectivity index (χ4v) is 1.61. The van der Waals surface area contributed by atoms with E-state index in [-0.39, 0.29) is 17.9 Å². The SMILES string of the molecule is Cc1cc(NCc2nncn2C)c([N+](=O)[O-])cc1F. The van der Waals surface area contributed by atoms with Crippen molar-refractivity contribution in [3.8, 4) is 0 Å². The summed E-state index contributed by atoms with van der Waals surface area (Å²) in [6.45, 7) is 1.81. The number of aryl methyl sites for hydroxylation is 2. The van der Waals surface area contributed by atoms with E-state index in [1.807, 2.05) is 0 Å². The van der Waals surface area contributed by atoms with Crippen molar-refractivity contribution in [2.75, 3.05) is 5.32 Å². The Balaban J connectivity index is 2.26. The van der Waals surface area contributed by atoms with Gasteiger partial charge in [0.25, 0.3) is 5.69 Å². The number of nitro benzene ring substituents is 1. The summed E-state index contributed by atoms with van der Waals surface area (Å²) < 4.78 is 15.0. The Kier molecular flexibility index (Phi) is 3.41. The number of aromatic nitrogens is 3. The molecule has 0 fully saturated rings. The molecule has 0 spiro atoms. The van der Waals surface area contributed by atoms with Gasteiger partial charge in [-0.3, -0.25) is 10.1 Å². The van der Waals surface area contributed by atoms with Gasteiger partial charge in [0, 0.05) is 7.05 Å². The molecule has 8 heteroatoms. The van der Waals surface area contributed by atoms with E-state index < -0.39 is 10.7 Å². The summed E-state index contributed by atoms with van der Waals surface area (Å²) >= 11 is 0. The number of nitro groups is 1. The molecular weight excluding hydrogens is 253 g/mol. The fourth-order valence-electron chi connectivity index (χ4n) is 1.61. The van der Waals surface area contributed by atoms with Crippen molar-refractivity contribution < 1.29 is 9.31 Å². The van der Waals surface area contributed by atoms with Gasteiger partial charge in [0.15, 0.2) is 5.82 Å². The number of nitrogens with zero attached hydrogens (tertiary/aromatic N) is 4. The van der Waals surface area contributed by atoms with Crippen LogP contribution >= 0.6 is 0 Å². The molecule has 100 valence electrons. The molecule has 0 saturated heterocycles. The zero-order chi connectivity index (χ0) is 14.0. The van der Waals surface area contributed by atoms with E-state index in [9.17, 15) is 14.5 Å². The maximum Gasteiger partial charge on any atom is 0.295 e. The van der Waals surface area contributed by atoms with Crippen molar-refractivity contribution in [3.05, 3.63) is 45.8 Å². The van der Waals surface area contributed by atoms with Gasteiger partial charge in [0.05, 0.1) is 17.5 Å². The van der Waals surface area contributed by atoms with Crippen LogP contribution in [0, 0.1) is 22.9 Å². The first-order valence-electron chi connectivity index (χ1n) is 5.50. The lowest BCUT2D eigenvalue weighted by atomic mass is 10.2. The third-order valence-corrected chi connectivity index (χ3v) is 2.72. The van der Waals surface area contributed by atoms with E-state index in [2.05, 4.69) is 15.5 Å². The third-order valence-electron chi connectivity index (χ3n) is 2.72. The highest BCUT2D eigenvalue weighted by atomic mass is 19.1. The highest BCUT2D eigenvalue weighted by Crippen LogP contribution is 2.27. The standard InChI is InChI=1S/C11H12FN5O2/c1-7-3-9(10(17(18)19)4-8(7)12)13-5-11-15-14-6-16(11)2/h3-4,6,13H,5H2,1-2H3. The molecule has 0 radical (unpaired) electrons. The molecule has 1 aromatic carbocycles. The summed E-state index contributed by atoms with van der Waals surface area (Å²) in [5, 5.41) is 21.3. The molecule has 0 aliphatic heterocycles. The quantitative estimate of drug-likeness (QED) is 0.672. The molecule has 0 aliphatic rings. The summed E-state index contributed by atoms with van der Waals surface area (Å²) in [7, 11) is 1.77. The van der Waals surface area contributed by atoms with Crippen LogP contribution in [0.3, 0.4) is 0 Å². The molecule has 0 aliphatic carbocycles. The second-order valence-electron chi connectivity index (χ2n) is 4.09. The van der Waals surface area contributed by atoms with Crippen LogP contribution < -0.4 is 5.32 Å². The monoisotopic (exact) mass is 265 g/mol. The summed E-state index contributed by atoms with van der Waals surface area (Å²) in [6, 6.07) is 2.32. The maximum absolute atomic E-state index is 13.3. The van der Waals surface area contributed by atoms with Crippen LogP contribution in [-0.2, 0) is 13.6 Å². The van der Waals surface area contributed by atoms with Gasteiger partial charge in [0.1, 0.15) is 17.8 Å². The van der Waals surface area contributed by atoms with E-state index in [1.165, 1.54) is 12.4 Å². The number of benzene rings is 1. The van der Waals surface area contributed by atoms with E-state index in [0.29, 0.717) is 11.4 Å². The zero-order valence-corrected chi connectivity index (χ0v) is 10.4. The van der Waals surface area contributed by atoms with Crippen molar-refractivity contribution in [1.82, 2.24) is 14.8 Å². The molecule has 2 rings (SSSR count). The topological polar surface area (TPSA) is 85.9 Å². The Labute approximate surface area is 108 Å². The summed E-state index contributed by atoms with van der Waals surface area (Å²) in [5.74, 6) is 0.0205. The molecular formula is C11H12FN5O2. The van der Waals surface area contributed by atoms with Crippen molar-refractivity contribution in [2.24, 2.45) is 7.05 Å². The van der Waals surface area contributed by atoms with E-state index >= 15 is 0 Å². The molecule has 7 nitrogen and oxygen atoms in total. The molecule has 19 heavy (non-hydrogen) atoms. The van der Waals surface area contributed by atoms with Crippen molar-refractivity contribution >= 4 is 11.4 Å². The summed E-state index contributed by atoms with van der Waals surface area (Å²) in [4.78, 5) is 10.3. The normalized spacial score (nSPS) is 10.5. The lowest BCUT2D eigenvalue weighted by Gasteiger charge is -2.08. The van der Waals surface area contributed by atoms with Crippen LogP contribution in [0.25, 0.3) is 0 Å². The lowest BCUT2D eigenvalue weighted by molar-refractivity contribution is -0.384. The second-order valence-corrected chi connectivity index (χ2v) is 4.09. The Bertz CT molecular complexity index is 626. The van der Waals surface area contributed by atoms with Gasteiger partial charge in [-0.15, -0.1) is 10.2 Å². The Morgan fingerprint density at radius 1 is 1.53 bits per heavy atom. The van der Waals surface area contributed by atoms with Crippen LogP contribution in [0.2, 0.25) is 0 Å². The van der Waals surface area contributed by atoms with Crippen LogP contribution in [0.15, 0.2) is 18.5 Å². The molecule has 1 N–H and O–H groups in total. The smallest absolute Gasteiger partial charge is 0.295 e. The Hall–Kier alpha value is -2.51. The summed E-state index contributed by atoms with van der Waals surface area (Å²) in [6.07, 6.45) is 1.53. The molecule has 0 atom stereocenters. The third kappa shape index (κ3) is 2.67. The first-order valence-corrected chi connectivity index (χ1v) is 5.50. The van der Waals surface area contributed by atoms with E-state index in [1.54, 1.807) is 18.5 Å². The zero-order valence-electron chi connectivity index (χ0n) is 10.4. The molecule has 0 unspecified atom stereocenters. The predicted molar refractivity (Wildman–Crippen MR) is 66.1 cm³/mol. The van der Waals surface area contributed by atoms with Crippen LogP contribution in [0.4, 0.5) is 15.8 Å². The minimum atomic E-state index is -0.623. The van der Waals surface area contributed by atoms with Gasteiger partial charge < -0.3 is 9.88 Å². The highest BCUT2D eigenvalue weighted by Gasteiger charge is 2.17. The average Bonchev–Trinajstić information content (AvgIpc) is 2.75. The number of halogens is 1. The van der Waals surface area contributed by atoms with Crippen molar-refractivity contribution in [1.29, 1.82) is 0 Å². The minimum Gasteiger partial charge on any atom is -0.372 e. The van der Waals surface area contributed by atoms with Gasteiger partial charge in [0.2, 0.25) is 0 Å². The van der Waals surface area contributed by atoms with E-state index in [4.69, 9.17) is 0 Å². The molecule has 1 aromatic heterocycles. The number of anilines is 1. The van der Waals surface area contributed by atoms with E-state index in [0.717, 1.165) is 6.07 Å². The number of nitrogens with one attached hydrogen (secondary N) is 1. The predicted octanol–water partition coefficient (Wildman–Crippen LogP) is 1.78. The highest BCUT2D eigenvalue weighted by molar-refractivity contribution is 5.63. The average molecular weight is 265 g/mol. The Morgan fingerprint density at radius 2 is 2.26 bits per heavy atom. The first-order chi connectivity index (χ1) is 8.99. The minimum absolute atomic E-state index is 0.256. The van der Waals surface area contributed by atoms with Gasteiger partial charge in [-0.2, -0.15) is 0 Å². The van der Waals surface area contributed by atoms with Gasteiger partial charge in [-0.25, -0.2) is 4.39 Å². The number of rotatable bonds is 4. The summed E-state index contributed by atoms with van der Waals surface area (Å²) in [5.41, 5.74) is 0.295. The second kappa shape index (κ2) is 5.01. The molecule has 0 saturated carbocycles. The van der Waals surface area contributed by atoms with Gasteiger partial charge in [-0.05, 0) is 18.6 Å². The van der Waals surface area contributed by atoms with Crippen LogP contribution in [-0.4, -0.2) is 19.7 Å². The van der Waals surface area contributed by atoms with Crippen molar-refractivity contribution in [3.63, 3.8) is 0 Å². The Morgan fingerprint density at radius 3 is 2.84 bits per heavy atom. The molecule has 0 bridgehead atoms. The molecule has 1 heterocycles. The van der Waals surface area contributed by atoms with Crippen LogP contribution in [0.1, 0.15) is 11.4 Å². The maximum atomic E-state index is 13.3. The van der Waals surface area contributed by atoms with Gasteiger partial charge >= 0.3 is 0 Å². The fraction of sp³-hybridized carbons (Fsp3) is 0.273. The van der Waals surface area contributed by atoms with Gasteiger partial charge in [-0.1, -0.05) is 0 Å². The van der Waals surface area contributed by atoms with Crippen LogP contribution in [0.5, 0.6) is 0 Å². The largest absolute Gasteiger partial charge is 0.372 e. The number of hydrogen-bond donors (Lipinski definition) is 1. The lowest BCUT2D eigenvalue weighted by Crippen LogP contribution is -2.08. The molecule has 0 amide bonds. The molecule has 2 aromatic rings. The number of hydrogen-bond acceptors (Lipinski definition) is 5. The first kappa shape index (κ1) is 12.9. The van der Waals surface area contributed by atoms with Crippen molar-refractivity contribution in [2.45, 2.75) is 13.5 Å².